The Morgan fingerprint density at radius 1 is 1.25 bits per heavy atom. The van der Waals surface area contributed by atoms with Crippen LogP contribution in [0.1, 0.15) is 44.2 Å². The highest BCUT2D eigenvalue weighted by Gasteiger charge is 2.37. The van der Waals surface area contributed by atoms with Gasteiger partial charge in [-0.1, -0.05) is 17.7 Å². The van der Waals surface area contributed by atoms with Crippen molar-refractivity contribution in [1.82, 2.24) is 20.0 Å². The summed E-state index contributed by atoms with van der Waals surface area (Å²) in [6, 6.07) is 5.21. The zero-order valence-electron chi connectivity index (χ0n) is 16.5. The van der Waals surface area contributed by atoms with E-state index in [1.807, 2.05) is 4.90 Å². The van der Waals surface area contributed by atoms with E-state index in [-0.39, 0.29) is 23.9 Å². The van der Waals surface area contributed by atoms with Crippen molar-refractivity contribution in [3.05, 3.63) is 34.6 Å². The second kappa shape index (κ2) is 8.56. The molecule has 3 fully saturated rings. The van der Waals surface area contributed by atoms with Gasteiger partial charge in [0.25, 0.3) is 0 Å². The second-order valence-corrected chi connectivity index (χ2v) is 8.78. The van der Waals surface area contributed by atoms with Gasteiger partial charge >= 0.3 is 6.03 Å². The Balaban J connectivity index is 1.46. The summed E-state index contributed by atoms with van der Waals surface area (Å²) in [5.41, 5.74) is 0.500. The van der Waals surface area contributed by atoms with Crippen molar-refractivity contribution in [3.63, 3.8) is 0 Å². The Hall–Kier alpha value is -1.37. The maximum Gasteiger partial charge on any atom is 0.317 e. The smallest absolute Gasteiger partial charge is 0.317 e. The number of urea groups is 1. The van der Waals surface area contributed by atoms with Gasteiger partial charge in [0.2, 0.25) is 0 Å². The predicted molar refractivity (Wildman–Crippen MR) is 109 cm³/mol. The van der Waals surface area contributed by atoms with Gasteiger partial charge in [0.05, 0.1) is 6.04 Å². The molecule has 3 aliphatic heterocycles. The average Bonchev–Trinajstić information content (AvgIpc) is 3.34. The van der Waals surface area contributed by atoms with Crippen LogP contribution in [0.5, 0.6) is 0 Å². The van der Waals surface area contributed by atoms with E-state index < -0.39 is 0 Å². The van der Waals surface area contributed by atoms with E-state index in [4.69, 9.17) is 11.6 Å². The maximum atomic E-state index is 14.6. The number of rotatable bonds is 4. The van der Waals surface area contributed by atoms with Gasteiger partial charge in [-0.25, -0.2) is 9.18 Å². The summed E-state index contributed by atoms with van der Waals surface area (Å²) in [6.45, 7) is 7.16. The van der Waals surface area contributed by atoms with Gasteiger partial charge in [-0.15, -0.1) is 0 Å². The van der Waals surface area contributed by atoms with Crippen LogP contribution in [-0.4, -0.2) is 72.1 Å². The quantitative estimate of drug-likeness (QED) is 0.828. The minimum Gasteiger partial charge on any atom is -0.336 e. The monoisotopic (exact) mass is 408 g/mol. The molecule has 0 aromatic heterocycles. The Labute approximate surface area is 171 Å². The van der Waals surface area contributed by atoms with Crippen LogP contribution in [-0.2, 0) is 0 Å². The van der Waals surface area contributed by atoms with E-state index in [9.17, 15) is 9.18 Å². The zero-order chi connectivity index (χ0) is 19.7. The number of nitrogens with one attached hydrogen (secondary N) is 1. The van der Waals surface area contributed by atoms with Crippen LogP contribution in [0.25, 0.3) is 0 Å². The molecule has 0 bridgehead atoms. The first kappa shape index (κ1) is 19.9. The number of nitrogens with zero attached hydrogens (tertiary/aromatic N) is 3. The van der Waals surface area contributed by atoms with E-state index >= 15 is 0 Å². The summed E-state index contributed by atoms with van der Waals surface area (Å²) in [7, 11) is 0. The van der Waals surface area contributed by atoms with Gasteiger partial charge in [0, 0.05) is 42.3 Å². The number of carbonyl (C=O) groups is 1. The molecule has 154 valence electrons. The molecule has 4 rings (SSSR count). The molecular weight excluding hydrogens is 379 g/mol. The minimum atomic E-state index is -0.299. The fourth-order valence-electron chi connectivity index (χ4n) is 5.05. The number of piperazine rings is 1. The standard InChI is InChI=1S/C21H30ClFN4O/c1-15-13-26-11-5-6-16(26)14-27(15)21(28)24-12-19(25-9-2-3-10-25)20-17(22)7-4-8-18(20)23/h4,7-8,15-16,19H,2-3,5-6,9-14H2,1H3,(H,24,28). The number of halogens is 2. The molecule has 28 heavy (non-hydrogen) atoms. The maximum absolute atomic E-state index is 14.6. The number of amides is 2. The molecule has 2 amide bonds. The number of likely N-dealkylation sites (tertiary alicyclic amines) is 1. The van der Waals surface area contributed by atoms with Gasteiger partial charge in [-0.2, -0.15) is 0 Å². The van der Waals surface area contributed by atoms with E-state index in [1.54, 1.807) is 12.1 Å². The Kier molecular flexibility index (Phi) is 6.09. The third kappa shape index (κ3) is 4.00. The van der Waals surface area contributed by atoms with Gasteiger partial charge < -0.3 is 10.2 Å². The summed E-state index contributed by atoms with van der Waals surface area (Å²) in [4.78, 5) is 19.7. The molecule has 7 heteroatoms. The van der Waals surface area contributed by atoms with Crippen molar-refractivity contribution in [2.75, 3.05) is 39.3 Å². The molecule has 1 N–H and O–H groups in total. The highest BCUT2D eigenvalue weighted by molar-refractivity contribution is 6.31. The number of carbonyl (C=O) groups excluding carboxylic acids is 1. The number of hydrogen-bond acceptors (Lipinski definition) is 3. The van der Waals surface area contributed by atoms with Gasteiger partial charge in [0.15, 0.2) is 0 Å². The van der Waals surface area contributed by atoms with Crippen LogP contribution in [0.15, 0.2) is 18.2 Å². The lowest BCUT2D eigenvalue weighted by Crippen LogP contribution is -2.59. The van der Waals surface area contributed by atoms with Gasteiger partial charge in [-0.3, -0.25) is 9.80 Å². The normalized spacial score (nSPS) is 27.0. The van der Waals surface area contributed by atoms with Crippen molar-refractivity contribution >= 4 is 17.6 Å². The first-order chi connectivity index (χ1) is 13.5. The molecule has 3 heterocycles. The SMILES string of the molecule is CC1CN2CCCC2CN1C(=O)NCC(c1c(F)cccc1Cl)N1CCCC1. The molecule has 5 nitrogen and oxygen atoms in total. The lowest BCUT2D eigenvalue weighted by Gasteiger charge is -2.42. The highest BCUT2D eigenvalue weighted by Crippen LogP contribution is 2.32. The predicted octanol–water partition coefficient (Wildman–Crippen LogP) is 3.49. The first-order valence-electron chi connectivity index (χ1n) is 10.5. The molecule has 1 aromatic carbocycles. The van der Waals surface area contributed by atoms with Gasteiger partial charge in [0.1, 0.15) is 5.82 Å². The molecule has 0 aliphatic carbocycles. The Morgan fingerprint density at radius 2 is 2.04 bits per heavy atom. The zero-order valence-corrected chi connectivity index (χ0v) is 17.3. The van der Waals surface area contributed by atoms with E-state index in [2.05, 4.69) is 22.0 Å². The van der Waals surface area contributed by atoms with E-state index in [0.29, 0.717) is 23.2 Å². The van der Waals surface area contributed by atoms with Crippen LogP contribution >= 0.6 is 11.6 Å². The van der Waals surface area contributed by atoms with Crippen molar-refractivity contribution in [2.45, 2.75) is 50.7 Å². The molecule has 3 saturated heterocycles. The summed E-state index contributed by atoms with van der Waals surface area (Å²) < 4.78 is 14.6. The summed E-state index contributed by atoms with van der Waals surface area (Å²) in [6.07, 6.45) is 4.57. The third-order valence-electron chi connectivity index (χ3n) is 6.56. The summed E-state index contributed by atoms with van der Waals surface area (Å²) >= 11 is 6.36. The fourth-order valence-corrected chi connectivity index (χ4v) is 5.34. The van der Waals surface area contributed by atoms with Crippen LogP contribution < -0.4 is 5.32 Å². The van der Waals surface area contributed by atoms with Crippen LogP contribution in [0, 0.1) is 5.82 Å². The summed E-state index contributed by atoms with van der Waals surface area (Å²) in [5, 5.41) is 3.52. The highest BCUT2D eigenvalue weighted by atomic mass is 35.5. The fraction of sp³-hybridized carbons (Fsp3) is 0.667. The topological polar surface area (TPSA) is 38.8 Å². The van der Waals surface area contributed by atoms with Crippen LogP contribution in [0.3, 0.4) is 0 Å². The molecule has 0 saturated carbocycles. The summed E-state index contributed by atoms with van der Waals surface area (Å²) in [5.74, 6) is -0.299. The van der Waals surface area contributed by atoms with Crippen molar-refractivity contribution < 1.29 is 9.18 Å². The largest absolute Gasteiger partial charge is 0.336 e. The molecule has 3 aliphatic rings. The molecular formula is C21H30ClFN4O. The second-order valence-electron chi connectivity index (χ2n) is 8.37. The third-order valence-corrected chi connectivity index (χ3v) is 6.89. The Bertz CT molecular complexity index is 691. The van der Waals surface area contributed by atoms with Crippen molar-refractivity contribution in [3.8, 4) is 0 Å². The van der Waals surface area contributed by atoms with E-state index in [1.165, 1.54) is 12.5 Å². The number of fused-ring (bicyclic) bond motifs is 1. The van der Waals surface area contributed by atoms with E-state index in [0.717, 1.165) is 52.0 Å². The lowest BCUT2D eigenvalue weighted by atomic mass is 10.0. The minimum absolute atomic E-state index is 0.0456. The first-order valence-corrected chi connectivity index (χ1v) is 10.9. The van der Waals surface area contributed by atoms with Crippen LogP contribution in [0.2, 0.25) is 5.02 Å². The van der Waals surface area contributed by atoms with Crippen molar-refractivity contribution in [1.29, 1.82) is 0 Å². The lowest BCUT2D eigenvalue weighted by molar-refractivity contribution is 0.0792. The number of benzene rings is 1. The average molecular weight is 409 g/mol. The van der Waals surface area contributed by atoms with Gasteiger partial charge in [-0.05, 0) is 64.4 Å². The molecule has 1 aromatic rings. The molecule has 3 atom stereocenters. The molecule has 0 radical (unpaired) electrons. The van der Waals surface area contributed by atoms with Crippen molar-refractivity contribution in [2.24, 2.45) is 0 Å². The molecule has 0 spiro atoms. The Morgan fingerprint density at radius 3 is 2.79 bits per heavy atom. The number of hydrogen-bond donors (Lipinski definition) is 1. The van der Waals surface area contributed by atoms with Crippen LogP contribution in [0.4, 0.5) is 9.18 Å². The molecule has 3 unspecified atom stereocenters.